The van der Waals surface area contributed by atoms with E-state index in [0.717, 1.165) is 43.0 Å². The predicted molar refractivity (Wildman–Crippen MR) is 88.0 cm³/mol. The molecule has 0 aliphatic rings. The van der Waals surface area contributed by atoms with Crippen LogP contribution >= 0.6 is 0 Å². The van der Waals surface area contributed by atoms with Crippen molar-refractivity contribution in [3.63, 3.8) is 0 Å². The molecule has 0 heterocycles. The smallest absolute Gasteiger partial charge is 0.239 e. The monoisotopic (exact) mass is 305 g/mol. The van der Waals surface area contributed by atoms with Crippen LogP contribution in [0.3, 0.4) is 0 Å². The van der Waals surface area contributed by atoms with Crippen LogP contribution in [0.5, 0.6) is 0 Å². The molecule has 0 N–H and O–H groups in total. The van der Waals surface area contributed by atoms with Crippen molar-refractivity contribution < 1.29 is 9.46 Å². The van der Waals surface area contributed by atoms with Crippen LogP contribution in [0.15, 0.2) is 30.3 Å². The summed E-state index contributed by atoms with van der Waals surface area (Å²) in [6, 6.07) is 15.1. The first-order valence-electron chi connectivity index (χ1n) is 8.00. The van der Waals surface area contributed by atoms with Gasteiger partial charge in [-0.1, -0.05) is 70.4 Å². The summed E-state index contributed by atoms with van der Waals surface area (Å²) in [6.07, 6.45) is 2.69. The fourth-order valence-corrected chi connectivity index (χ4v) is 6.83. The zero-order valence-corrected chi connectivity index (χ0v) is 14.5. The molecule has 0 radical (unpaired) electrons. The van der Waals surface area contributed by atoms with Gasteiger partial charge in [-0.25, -0.2) is 4.89 Å². The highest BCUT2D eigenvalue weighted by molar-refractivity contribution is 6.73. The maximum Gasteiger partial charge on any atom is 0.239 e. The highest BCUT2D eigenvalue weighted by Gasteiger charge is 2.35. The second-order valence-electron chi connectivity index (χ2n) is 5.53. The van der Waals surface area contributed by atoms with Gasteiger partial charge in [0, 0.05) is 0 Å². The molecular weight excluding hydrogens is 278 g/mol. The number of benzene rings is 1. The molecule has 1 aromatic rings. The van der Waals surface area contributed by atoms with Gasteiger partial charge >= 0.3 is 0 Å². The van der Waals surface area contributed by atoms with Crippen molar-refractivity contribution in [2.24, 2.45) is 0 Å². The molecule has 0 fully saturated rings. The molecule has 0 aromatic heterocycles. The van der Waals surface area contributed by atoms with Gasteiger partial charge in [0.15, 0.2) is 0 Å². The Balaban J connectivity index is 2.76. The van der Waals surface area contributed by atoms with E-state index < -0.39 is 14.4 Å². The first kappa shape index (κ1) is 17.9. The fraction of sp³-hybridized carbons (Fsp3) is 0.588. The van der Waals surface area contributed by atoms with Crippen molar-refractivity contribution >= 4 is 8.32 Å². The highest BCUT2D eigenvalue weighted by atomic mass is 28.4. The topological polar surface area (TPSA) is 42.2 Å². The Bertz CT molecular complexity index is 413. The lowest BCUT2D eigenvalue weighted by Gasteiger charge is -2.30. The molecule has 0 saturated heterocycles. The summed E-state index contributed by atoms with van der Waals surface area (Å²) < 4.78 is 5.97. The fourth-order valence-electron chi connectivity index (χ4n) is 2.80. The summed E-state index contributed by atoms with van der Waals surface area (Å²) in [4.78, 5) is 5.60. The number of nitriles is 1. The first-order valence-corrected chi connectivity index (χ1v) is 10.5. The third kappa shape index (κ3) is 5.62. The Morgan fingerprint density at radius 2 is 1.52 bits per heavy atom. The van der Waals surface area contributed by atoms with E-state index in [2.05, 4.69) is 26.8 Å². The molecule has 0 spiro atoms. The van der Waals surface area contributed by atoms with E-state index >= 15 is 0 Å². The van der Waals surface area contributed by atoms with E-state index in [4.69, 9.17) is 9.46 Å². The Hall–Kier alpha value is -1.15. The van der Waals surface area contributed by atoms with Gasteiger partial charge in [0.05, 0.1) is 0 Å². The second-order valence-corrected chi connectivity index (χ2v) is 9.57. The molecule has 0 bridgehead atoms. The summed E-state index contributed by atoms with van der Waals surface area (Å²) in [6.45, 7) is 6.57. The molecule has 0 aliphatic heterocycles. The number of nitrogens with zero attached hydrogens (tertiary/aromatic N) is 1. The van der Waals surface area contributed by atoms with Gasteiger partial charge in [-0.05, 0) is 23.7 Å². The Labute approximate surface area is 129 Å². The van der Waals surface area contributed by atoms with Crippen molar-refractivity contribution in [1.29, 1.82) is 5.26 Å². The quantitative estimate of drug-likeness (QED) is 0.331. The van der Waals surface area contributed by atoms with Gasteiger partial charge in [-0.3, -0.25) is 4.58 Å². The summed E-state index contributed by atoms with van der Waals surface area (Å²) in [5, 5.41) is 9.33. The lowest BCUT2D eigenvalue weighted by molar-refractivity contribution is -0.245. The average molecular weight is 305 g/mol. The molecule has 1 aromatic carbocycles. The van der Waals surface area contributed by atoms with Crippen molar-refractivity contribution in [2.75, 3.05) is 0 Å². The molecule has 0 amide bonds. The maximum atomic E-state index is 9.33. The molecule has 1 atom stereocenters. The summed E-state index contributed by atoms with van der Waals surface area (Å²) >= 11 is 0. The number of hydrogen-bond acceptors (Lipinski definition) is 3. The van der Waals surface area contributed by atoms with E-state index in [0.29, 0.717) is 0 Å². The van der Waals surface area contributed by atoms with Crippen LogP contribution in [-0.4, -0.2) is 8.32 Å². The zero-order chi connectivity index (χ0) is 15.6. The van der Waals surface area contributed by atoms with Gasteiger partial charge in [0.25, 0.3) is 0 Å². The van der Waals surface area contributed by atoms with Gasteiger partial charge in [-0.2, -0.15) is 5.26 Å². The lowest BCUT2D eigenvalue weighted by atomic mass is 10.1. The van der Waals surface area contributed by atoms with Crippen LogP contribution in [0.1, 0.15) is 51.7 Å². The van der Waals surface area contributed by atoms with Crippen LogP contribution in [-0.2, 0) is 9.46 Å². The van der Waals surface area contributed by atoms with Crippen molar-refractivity contribution in [1.82, 2.24) is 0 Å². The Morgan fingerprint density at radius 1 is 1.00 bits per heavy atom. The largest absolute Gasteiger partial charge is 0.285 e. The molecule has 116 valence electrons. The highest BCUT2D eigenvalue weighted by Crippen LogP contribution is 2.30. The number of rotatable bonds is 10. The van der Waals surface area contributed by atoms with Crippen molar-refractivity contribution in [3.8, 4) is 6.07 Å². The van der Waals surface area contributed by atoms with E-state index in [1.807, 2.05) is 30.3 Å². The van der Waals surface area contributed by atoms with Gasteiger partial charge in [-0.15, -0.1) is 0 Å². The summed E-state index contributed by atoms with van der Waals surface area (Å²) in [7, 11) is -1.88. The minimum atomic E-state index is -1.88. The molecule has 1 unspecified atom stereocenters. The minimum Gasteiger partial charge on any atom is -0.285 e. The third-order valence-corrected chi connectivity index (χ3v) is 8.34. The van der Waals surface area contributed by atoms with Crippen LogP contribution in [0.25, 0.3) is 0 Å². The molecular formula is C17H27NO2Si. The van der Waals surface area contributed by atoms with Gasteiger partial charge < -0.3 is 0 Å². The normalized spacial score (nSPS) is 12.9. The van der Waals surface area contributed by atoms with Crippen LogP contribution in [0.4, 0.5) is 0 Å². The van der Waals surface area contributed by atoms with E-state index in [1.165, 1.54) is 0 Å². The minimum absolute atomic E-state index is 0.636. The Morgan fingerprint density at radius 3 is 1.95 bits per heavy atom. The van der Waals surface area contributed by atoms with Crippen LogP contribution in [0.2, 0.25) is 18.1 Å². The van der Waals surface area contributed by atoms with Crippen LogP contribution in [0, 0.1) is 11.3 Å². The molecule has 0 saturated carbocycles. The van der Waals surface area contributed by atoms with E-state index in [1.54, 1.807) is 0 Å². The zero-order valence-electron chi connectivity index (χ0n) is 13.5. The molecule has 21 heavy (non-hydrogen) atoms. The maximum absolute atomic E-state index is 9.33. The third-order valence-electron chi connectivity index (χ3n) is 3.66. The number of hydrogen-bond donors (Lipinski definition) is 0. The van der Waals surface area contributed by atoms with Crippen molar-refractivity contribution in [3.05, 3.63) is 35.9 Å². The molecule has 3 nitrogen and oxygen atoms in total. The van der Waals surface area contributed by atoms with E-state index in [-0.39, 0.29) is 0 Å². The second kappa shape index (κ2) is 9.72. The SMILES string of the molecule is CCC[Si](CCC)(CCC)OOC(C#N)c1ccccc1. The predicted octanol–water partition coefficient (Wildman–Crippen LogP) is 5.37. The van der Waals surface area contributed by atoms with Gasteiger partial charge in [0.1, 0.15) is 6.07 Å². The molecule has 4 heteroatoms. The lowest BCUT2D eigenvalue weighted by Crippen LogP contribution is -2.38. The first-order chi connectivity index (χ1) is 10.2. The Kier molecular flexibility index (Phi) is 8.29. The van der Waals surface area contributed by atoms with Crippen molar-refractivity contribution in [2.45, 2.75) is 64.3 Å². The van der Waals surface area contributed by atoms with Crippen LogP contribution < -0.4 is 0 Å². The molecule has 1 rings (SSSR count). The van der Waals surface area contributed by atoms with E-state index in [9.17, 15) is 5.26 Å². The van der Waals surface area contributed by atoms with Gasteiger partial charge in [0.2, 0.25) is 14.4 Å². The molecule has 0 aliphatic carbocycles. The average Bonchev–Trinajstić information content (AvgIpc) is 2.50. The summed E-state index contributed by atoms with van der Waals surface area (Å²) in [5.74, 6) is 0. The summed E-state index contributed by atoms with van der Waals surface area (Å²) in [5.41, 5.74) is 0.854. The standard InChI is InChI=1S/C17H27NO2Si/c1-4-12-21(13-5-2,14-6-3)20-19-17(15-18)16-10-8-7-9-11-16/h7-11,17H,4-6,12-14H2,1-3H3.